The lowest BCUT2D eigenvalue weighted by Gasteiger charge is -2.35. The zero-order valence-electron chi connectivity index (χ0n) is 7.27. The van der Waals surface area contributed by atoms with Gasteiger partial charge >= 0.3 is 5.97 Å². The first kappa shape index (κ1) is 9.95. The molecule has 0 spiro atoms. The van der Waals surface area contributed by atoms with E-state index in [1.807, 2.05) is 0 Å². The predicted octanol–water partition coefficient (Wildman–Crippen LogP) is 0.0692. The van der Waals surface area contributed by atoms with Crippen LogP contribution in [0.5, 0.6) is 0 Å². The molecule has 2 unspecified atom stereocenters. The quantitative estimate of drug-likeness (QED) is 0.567. The molecule has 4 nitrogen and oxygen atoms in total. The van der Waals surface area contributed by atoms with Crippen LogP contribution in [-0.4, -0.2) is 32.5 Å². The zero-order valence-corrected chi connectivity index (χ0v) is 7.27. The van der Waals surface area contributed by atoms with Crippen molar-refractivity contribution in [1.29, 1.82) is 0 Å². The lowest BCUT2D eigenvalue weighted by molar-refractivity contribution is -0.178. The monoisotopic (exact) mass is 184 g/mol. The SMILES string of the molecule is CC(O)(C(=O)O)C1(O)C=CC=CC1. The molecule has 0 heterocycles. The van der Waals surface area contributed by atoms with Gasteiger partial charge in [-0.05, 0) is 13.0 Å². The van der Waals surface area contributed by atoms with E-state index >= 15 is 0 Å². The maximum atomic E-state index is 10.7. The molecule has 0 aromatic heterocycles. The van der Waals surface area contributed by atoms with Crippen LogP contribution >= 0.6 is 0 Å². The van der Waals surface area contributed by atoms with Crippen LogP contribution in [0.3, 0.4) is 0 Å². The van der Waals surface area contributed by atoms with E-state index in [2.05, 4.69) is 0 Å². The van der Waals surface area contributed by atoms with Crippen molar-refractivity contribution in [3.8, 4) is 0 Å². The highest BCUT2D eigenvalue weighted by atomic mass is 16.4. The number of hydrogen-bond donors (Lipinski definition) is 3. The highest BCUT2D eigenvalue weighted by Crippen LogP contribution is 2.30. The maximum absolute atomic E-state index is 10.7. The molecule has 1 aliphatic carbocycles. The van der Waals surface area contributed by atoms with Crippen molar-refractivity contribution in [2.45, 2.75) is 24.5 Å². The summed E-state index contributed by atoms with van der Waals surface area (Å²) in [4.78, 5) is 10.7. The van der Waals surface area contributed by atoms with Gasteiger partial charge in [0.2, 0.25) is 0 Å². The average molecular weight is 184 g/mol. The van der Waals surface area contributed by atoms with E-state index in [-0.39, 0.29) is 6.42 Å². The van der Waals surface area contributed by atoms with Crippen molar-refractivity contribution >= 4 is 5.97 Å². The normalized spacial score (nSPS) is 31.3. The van der Waals surface area contributed by atoms with Gasteiger partial charge in [0.1, 0.15) is 5.60 Å². The average Bonchev–Trinajstić information content (AvgIpc) is 2.05. The number of carboxylic acid groups (broad SMARTS) is 1. The lowest BCUT2D eigenvalue weighted by atomic mass is 9.79. The van der Waals surface area contributed by atoms with Crippen molar-refractivity contribution < 1.29 is 20.1 Å². The van der Waals surface area contributed by atoms with Crippen LogP contribution in [0.2, 0.25) is 0 Å². The Balaban J connectivity index is 2.99. The molecule has 0 radical (unpaired) electrons. The number of carbonyl (C=O) groups is 1. The highest BCUT2D eigenvalue weighted by molar-refractivity contribution is 5.79. The molecule has 0 saturated heterocycles. The molecule has 2 atom stereocenters. The third-order valence-corrected chi connectivity index (χ3v) is 2.31. The summed E-state index contributed by atoms with van der Waals surface area (Å²) in [5, 5.41) is 28.0. The molecule has 0 saturated carbocycles. The van der Waals surface area contributed by atoms with Crippen LogP contribution in [-0.2, 0) is 4.79 Å². The van der Waals surface area contributed by atoms with Crippen molar-refractivity contribution in [3.05, 3.63) is 24.3 Å². The summed E-state index contributed by atoms with van der Waals surface area (Å²) in [5.41, 5.74) is -3.87. The minimum absolute atomic E-state index is 0.1000. The Morgan fingerprint density at radius 3 is 2.54 bits per heavy atom. The summed E-state index contributed by atoms with van der Waals surface area (Å²) >= 11 is 0. The molecule has 0 fully saturated rings. The molecule has 0 aliphatic heterocycles. The first-order valence-corrected chi connectivity index (χ1v) is 3.93. The van der Waals surface area contributed by atoms with Gasteiger partial charge in [-0.1, -0.05) is 18.2 Å². The summed E-state index contributed by atoms with van der Waals surface area (Å²) in [6, 6.07) is 0. The number of rotatable bonds is 2. The summed E-state index contributed by atoms with van der Waals surface area (Å²) < 4.78 is 0. The summed E-state index contributed by atoms with van der Waals surface area (Å²) in [6.45, 7) is 1.08. The fraction of sp³-hybridized carbons (Fsp3) is 0.444. The molecule has 1 aliphatic rings. The van der Waals surface area contributed by atoms with Crippen LogP contribution in [0.15, 0.2) is 24.3 Å². The third kappa shape index (κ3) is 1.50. The molecular formula is C9H12O4. The van der Waals surface area contributed by atoms with E-state index in [9.17, 15) is 15.0 Å². The van der Waals surface area contributed by atoms with Gasteiger partial charge in [0, 0.05) is 6.42 Å². The molecule has 72 valence electrons. The Morgan fingerprint density at radius 2 is 2.15 bits per heavy atom. The molecule has 0 bridgehead atoms. The van der Waals surface area contributed by atoms with E-state index in [1.54, 1.807) is 12.2 Å². The third-order valence-electron chi connectivity index (χ3n) is 2.31. The van der Waals surface area contributed by atoms with Gasteiger partial charge in [0.25, 0.3) is 0 Å². The highest BCUT2D eigenvalue weighted by Gasteiger charge is 2.49. The van der Waals surface area contributed by atoms with E-state index in [1.165, 1.54) is 12.2 Å². The summed E-state index contributed by atoms with van der Waals surface area (Å²) in [7, 11) is 0. The Morgan fingerprint density at radius 1 is 1.54 bits per heavy atom. The molecule has 0 amide bonds. The summed E-state index contributed by atoms with van der Waals surface area (Å²) in [5.74, 6) is -1.44. The standard InChI is InChI=1S/C9H12O4/c1-8(12,7(10)11)9(13)5-3-2-4-6-9/h2-5,12-13H,6H2,1H3,(H,10,11). The molecule has 0 aromatic carbocycles. The van der Waals surface area contributed by atoms with Crippen LogP contribution in [0.4, 0.5) is 0 Å². The van der Waals surface area contributed by atoms with Gasteiger partial charge in [0.15, 0.2) is 5.60 Å². The van der Waals surface area contributed by atoms with E-state index in [4.69, 9.17) is 5.11 Å². The van der Waals surface area contributed by atoms with Gasteiger partial charge < -0.3 is 15.3 Å². The smallest absolute Gasteiger partial charge is 0.338 e. The van der Waals surface area contributed by atoms with Crippen molar-refractivity contribution in [2.75, 3.05) is 0 Å². The largest absolute Gasteiger partial charge is 0.479 e. The van der Waals surface area contributed by atoms with Crippen LogP contribution in [0.25, 0.3) is 0 Å². The minimum Gasteiger partial charge on any atom is -0.479 e. The summed E-state index contributed by atoms with van der Waals surface area (Å²) in [6.07, 6.45) is 6.20. The Labute approximate surface area is 75.8 Å². The first-order valence-electron chi connectivity index (χ1n) is 3.93. The van der Waals surface area contributed by atoms with Crippen LogP contribution in [0.1, 0.15) is 13.3 Å². The molecular weight excluding hydrogens is 172 g/mol. The van der Waals surface area contributed by atoms with Crippen LogP contribution in [0, 0.1) is 0 Å². The number of allylic oxidation sites excluding steroid dienone is 2. The fourth-order valence-electron chi connectivity index (χ4n) is 1.16. The molecule has 1 rings (SSSR count). The van der Waals surface area contributed by atoms with Gasteiger partial charge in [-0.2, -0.15) is 0 Å². The Bertz CT molecular complexity index is 277. The first-order chi connectivity index (χ1) is 5.90. The Hall–Kier alpha value is -1.13. The van der Waals surface area contributed by atoms with Crippen molar-refractivity contribution in [3.63, 3.8) is 0 Å². The van der Waals surface area contributed by atoms with Crippen LogP contribution < -0.4 is 0 Å². The Kier molecular flexibility index (Phi) is 2.28. The second-order valence-corrected chi connectivity index (χ2v) is 3.29. The van der Waals surface area contributed by atoms with Crippen molar-refractivity contribution in [1.82, 2.24) is 0 Å². The molecule has 13 heavy (non-hydrogen) atoms. The lowest BCUT2D eigenvalue weighted by Crippen LogP contribution is -2.56. The number of aliphatic carboxylic acids is 1. The second-order valence-electron chi connectivity index (χ2n) is 3.29. The topological polar surface area (TPSA) is 77.8 Å². The number of hydrogen-bond acceptors (Lipinski definition) is 3. The van der Waals surface area contributed by atoms with Gasteiger partial charge in [0.05, 0.1) is 0 Å². The van der Waals surface area contributed by atoms with E-state index in [0.717, 1.165) is 6.92 Å². The fourth-order valence-corrected chi connectivity index (χ4v) is 1.16. The van der Waals surface area contributed by atoms with Gasteiger partial charge in [-0.15, -0.1) is 0 Å². The predicted molar refractivity (Wildman–Crippen MR) is 46.1 cm³/mol. The zero-order chi connectivity index (χ0) is 10.1. The molecule has 4 heteroatoms. The second kappa shape index (κ2) is 2.97. The molecule has 3 N–H and O–H groups in total. The minimum atomic E-state index is -2.16. The number of carboxylic acids is 1. The maximum Gasteiger partial charge on any atom is 0.338 e. The molecule has 0 aromatic rings. The van der Waals surface area contributed by atoms with Crippen molar-refractivity contribution in [2.24, 2.45) is 0 Å². The van der Waals surface area contributed by atoms with E-state index < -0.39 is 17.2 Å². The van der Waals surface area contributed by atoms with Gasteiger partial charge in [-0.3, -0.25) is 0 Å². The number of aliphatic hydroxyl groups is 2. The van der Waals surface area contributed by atoms with Gasteiger partial charge in [-0.25, -0.2) is 4.79 Å². The van der Waals surface area contributed by atoms with E-state index in [0.29, 0.717) is 0 Å².